The molecule has 0 radical (unpaired) electrons. The normalized spacial score (nSPS) is 10.1. The maximum absolute atomic E-state index is 11.9. The van der Waals surface area contributed by atoms with Gasteiger partial charge in [0, 0.05) is 15.4 Å². The van der Waals surface area contributed by atoms with E-state index < -0.39 is 0 Å². The molecule has 0 saturated heterocycles. The Balaban J connectivity index is 2.06. The summed E-state index contributed by atoms with van der Waals surface area (Å²) in [5.74, 6) is 0.677. The number of ether oxygens (including phenoxy) is 1. The highest BCUT2D eigenvalue weighted by Gasteiger charge is 2.08. The quantitative estimate of drug-likeness (QED) is 0.930. The Bertz CT molecular complexity index is 540. The van der Waals surface area contributed by atoms with E-state index in [0.717, 1.165) is 15.0 Å². The summed E-state index contributed by atoms with van der Waals surface area (Å²) in [6.45, 7) is 0. The van der Waals surface area contributed by atoms with Crippen molar-refractivity contribution >= 4 is 38.9 Å². The molecule has 0 aliphatic heterocycles. The molecule has 0 saturated carbocycles. The standard InChI is InChI=1S/C13H12BrNO2S/c1-17-9-4-5-11(14)12(7-9)15-13(16)8-10-3-2-6-18-10/h2-7H,8H2,1H3,(H,15,16). The number of rotatable bonds is 4. The molecule has 0 spiro atoms. The minimum Gasteiger partial charge on any atom is -0.497 e. The van der Waals surface area contributed by atoms with Crippen LogP contribution in [-0.2, 0) is 11.2 Å². The molecule has 2 rings (SSSR count). The number of anilines is 1. The first-order valence-corrected chi connectivity index (χ1v) is 7.02. The van der Waals surface area contributed by atoms with Crippen LogP contribution in [0.25, 0.3) is 0 Å². The number of amides is 1. The third kappa shape index (κ3) is 3.34. The molecule has 5 heteroatoms. The van der Waals surface area contributed by atoms with Crippen LogP contribution in [0.5, 0.6) is 5.75 Å². The molecule has 0 aliphatic carbocycles. The van der Waals surface area contributed by atoms with Crippen LogP contribution in [0.1, 0.15) is 4.88 Å². The fraction of sp³-hybridized carbons (Fsp3) is 0.154. The monoisotopic (exact) mass is 325 g/mol. The summed E-state index contributed by atoms with van der Waals surface area (Å²) < 4.78 is 5.96. The Labute approximate surface area is 118 Å². The fourth-order valence-corrected chi connectivity index (χ4v) is 2.54. The van der Waals surface area contributed by atoms with E-state index in [4.69, 9.17) is 4.74 Å². The van der Waals surface area contributed by atoms with Gasteiger partial charge in [-0.1, -0.05) is 6.07 Å². The van der Waals surface area contributed by atoms with E-state index in [1.165, 1.54) is 0 Å². The second-order valence-electron chi connectivity index (χ2n) is 3.65. The first-order chi connectivity index (χ1) is 8.69. The number of benzene rings is 1. The van der Waals surface area contributed by atoms with Gasteiger partial charge in [-0.2, -0.15) is 0 Å². The Morgan fingerprint density at radius 2 is 2.28 bits per heavy atom. The molecule has 1 N–H and O–H groups in total. The lowest BCUT2D eigenvalue weighted by molar-refractivity contribution is -0.115. The lowest BCUT2D eigenvalue weighted by Gasteiger charge is -2.08. The van der Waals surface area contributed by atoms with Crippen molar-refractivity contribution in [3.63, 3.8) is 0 Å². The van der Waals surface area contributed by atoms with Crippen molar-refractivity contribution in [1.82, 2.24) is 0 Å². The molecule has 0 bridgehead atoms. The summed E-state index contributed by atoms with van der Waals surface area (Å²) in [6, 6.07) is 9.36. The van der Waals surface area contributed by atoms with Crippen LogP contribution in [0.2, 0.25) is 0 Å². The van der Waals surface area contributed by atoms with E-state index in [2.05, 4.69) is 21.2 Å². The van der Waals surface area contributed by atoms with Gasteiger partial charge in [0.15, 0.2) is 0 Å². The molecule has 1 amide bonds. The van der Waals surface area contributed by atoms with Crippen LogP contribution in [0, 0.1) is 0 Å². The van der Waals surface area contributed by atoms with Crippen LogP contribution in [0.3, 0.4) is 0 Å². The highest BCUT2D eigenvalue weighted by atomic mass is 79.9. The van der Waals surface area contributed by atoms with Crippen molar-refractivity contribution in [2.24, 2.45) is 0 Å². The minimum atomic E-state index is -0.0357. The lowest BCUT2D eigenvalue weighted by atomic mass is 10.2. The molecule has 1 aromatic heterocycles. The molecule has 2 aromatic rings. The Morgan fingerprint density at radius 1 is 1.44 bits per heavy atom. The molecule has 1 aromatic carbocycles. The topological polar surface area (TPSA) is 38.3 Å². The number of hydrogen-bond donors (Lipinski definition) is 1. The number of thiophene rings is 1. The summed E-state index contributed by atoms with van der Waals surface area (Å²) in [4.78, 5) is 12.9. The molecule has 94 valence electrons. The van der Waals surface area contributed by atoms with Gasteiger partial charge in [-0.15, -0.1) is 11.3 Å². The summed E-state index contributed by atoms with van der Waals surface area (Å²) in [7, 11) is 1.60. The summed E-state index contributed by atoms with van der Waals surface area (Å²) in [5.41, 5.74) is 0.718. The molecule has 0 fully saturated rings. The van der Waals surface area contributed by atoms with Crippen molar-refractivity contribution in [2.45, 2.75) is 6.42 Å². The Hall–Kier alpha value is -1.33. The van der Waals surface area contributed by atoms with Crippen LogP contribution < -0.4 is 10.1 Å². The molecule has 0 atom stereocenters. The number of carbonyl (C=O) groups is 1. The van der Waals surface area contributed by atoms with Gasteiger partial charge in [0.05, 0.1) is 19.2 Å². The summed E-state index contributed by atoms with van der Waals surface area (Å²) in [5, 5.41) is 4.83. The van der Waals surface area contributed by atoms with E-state index in [1.54, 1.807) is 24.5 Å². The van der Waals surface area contributed by atoms with Crippen molar-refractivity contribution in [3.8, 4) is 5.75 Å². The van der Waals surface area contributed by atoms with Gasteiger partial charge >= 0.3 is 0 Å². The predicted molar refractivity (Wildman–Crippen MR) is 77.3 cm³/mol. The van der Waals surface area contributed by atoms with Crippen LogP contribution in [0.4, 0.5) is 5.69 Å². The van der Waals surface area contributed by atoms with Gasteiger partial charge in [0.25, 0.3) is 0 Å². The number of carbonyl (C=O) groups excluding carboxylic acids is 1. The third-order valence-corrected chi connectivity index (χ3v) is 3.93. The highest BCUT2D eigenvalue weighted by Crippen LogP contribution is 2.27. The zero-order chi connectivity index (χ0) is 13.0. The van der Waals surface area contributed by atoms with Gasteiger partial charge in [0.1, 0.15) is 5.75 Å². The number of hydrogen-bond acceptors (Lipinski definition) is 3. The van der Waals surface area contributed by atoms with Crippen molar-refractivity contribution in [3.05, 3.63) is 45.1 Å². The number of halogens is 1. The van der Waals surface area contributed by atoms with E-state index in [9.17, 15) is 4.79 Å². The maximum atomic E-state index is 11.9. The predicted octanol–water partition coefficient (Wildman–Crippen LogP) is 3.70. The van der Waals surface area contributed by atoms with E-state index in [-0.39, 0.29) is 5.91 Å². The molecule has 3 nitrogen and oxygen atoms in total. The minimum absolute atomic E-state index is 0.0357. The van der Waals surface area contributed by atoms with Gasteiger partial charge in [-0.3, -0.25) is 4.79 Å². The Kier molecular flexibility index (Phi) is 4.38. The van der Waals surface area contributed by atoms with E-state index in [0.29, 0.717) is 12.2 Å². The smallest absolute Gasteiger partial charge is 0.229 e. The zero-order valence-corrected chi connectivity index (χ0v) is 12.2. The second-order valence-corrected chi connectivity index (χ2v) is 5.54. The third-order valence-electron chi connectivity index (χ3n) is 2.36. The first kappa shape index (κ1) is 13.1. The van der Waals surface area contributed by atoms with Crippen molar-refractivity contribution < 1.29 is 9.53 Å². The second kappa shape index (κ2) is 6.02. The number of nitrogens with one attached hydrogen (secondary N) is 1. The highest BCUT2D eigenvalue weighted by molar-refractivity contribution is 9.10. The van der Waals surface area contributed by atoms with Gasteiger partial charge < -0.3 is 10.1 Å². The van der Waals surface area contributed by atoms with E-state index in [1.807, 2.05) is 29.6 Å². The SMILES string of the molecule is COc1ccc(Br)c(NC(=O)Cc2cccs2)c1. The molecule has 0 unspecified atom stereocenters. The van der Waals surface area contributed by atoms with Gasteiger partial charge in [-0.05, 0) is 39.5 Å². The molecule has 0 aliphatic rings. The molecular formula is C13H12BrNO2S. The van der Waals surface area contributed by atoms with Crippen LogP contribution in [0.15, 0.2) is 40.2 Å². The van der Waals surface area contributed by atoms with E-state index >= 15 is 0 Å². The van der Waals surface area contributed by atoms with Crippen molar-refractivity contribution in [2.75, 3.05) is 12.4 Å². The Morgan fingerprint density at radius 3 is 2.94 bits per heavy atom. The zero-order valence-electron chi connectivity index (χ0n) is 9.77. The number of methoxy groups -OCH3 is 1. The average molecular weight is 326 g/mol. The van der Waals surface area contributed by atoms with Crippen LogP contribution in [-0.4, -0.2) is 13.0 Å². The summed E-state index contributed by atoms with van der Waals surface area (Å²) in [6.07, 6.45) is 0.390. The maximum Gasteiger partial charge on any atom is 0.229 e. The molecule has 18 heavy (non-hydrogen) atoms. The molecular weight excluding hydrogens is 314 g/mol. The van der Waals surface area contributed by atoms with Gasteiger partial charge in [0.2, 0.25) is 5.91 Å². The van der Waals surface area contributed by atoms with Crippen molar-refractivity contribution in [1.29, 1.82) is 0 Å². The first-order valence-electron chi connectivity index (χ1n) is 5.35. The fourth-order valence-electron chi connectivity index (χ4n) is 1.49. The van der Waals surface area contributed by atoms with Crippen LogP contribution >= 0.6 is 27.3 Å². The average Bonchev–Trinajstić information content (AvgIpc) is 2.84. The van der Waals surface area contributed by atoms with Gasteiger partial charge in [-0.25, -0.2) is 0 Å². The lowest BCUT2D eigenvalue weighted by Crippen LogP contribution is -2.14. The molecule has 1 heterocycles. The summed E-state index contributed by atoms with van der Waals surface area (Å²) >= 11 is 4.97. The largest absolute Gasteiger partial charge is 0.497 e.